The number of aromatic hydroxyl groups is 1. The van der Waals surface area contributed by atoms with Gasteiger partial charge in [0.25, 0.3) is 5.91 Å². The minimum Gasteiger partial charge on any atom is -0.508 e. The Morgan fingerprint density at radius 2 is 2.27 bits per heavy atom. The van der Waals surface area contributed by atoms with Crippen molar-refractivity contribution in [2.24, 2.45) is 0 Å². The lowest BCUT2D eigenvalue weighted by atomic mass is 10.3. The molecule has 0 spiro atoms. The van der Waals surface area contributed by atoms with E-state index >= 15 is 0 Å². The maximum Gasteiger partial charge on any atom is 0.294 e. The molecule has 0 saturated carbocycles. The molecule has 0 aliphatic rings. The Morgan fingerprint density at radius 3 is 2.93 bits per heavy atom. The van der Waals surface area contributed by atoms with Crippen molar-refractivity contribution in [3.05, 3.63) is 42.3 Å². The molecule has 0 radical (unpaired) electrons. The number of hydrogen-bond acceptors (Lipinski definition) is 4. The zero-order valence-electron chi connectivity index (χ0n) is 7.68. The molecule has 2 N–H and O–H groups in total. The normalized spacial score (nSPS) is 9.87. The van der Waals surface area contributed by atoms with Crippen LogP contribution in [0.25, 0.3) is 0 Å². The Hall–Kier alpha value is -2.30. The number of rotatable bonds is 2. The summed E-state index contributed by atoms with van der Waals surface area (Å²) >= 11 is 0. The zero-order chi connectivity index (χ0) is 10.7. The number of benzene rings is 1. The van der Waals surface area contributed by atoms with E-state index in [-0.39, 0.29) is 11.5 Å². The van der Waals surface area contributed by atoms with Crippen LogP contribution in [0, 0.1) is 0 Å². The highest BCUT2D eigenvalue weighted by Crippen LogP contribution is 2.16. The van der Waals surface area contributed by atoms with Crippen molar-refractivity contribution < 1.29 is 14.4 Å². The molecule has 5 nitrogen and oxygen atoms in total. The molecule has 2 rings (SSSR count). The predicted molar refractivity (Wildman–Crippen MR) is 52.6 cm³/mol. The molecule has 0 atom stereocenters. The number of phenols is 1. The fourth-order valence-corrected chi connectivity index (χ4v) is 1.11. The summed E-state index contributed by atoms with van der Waals surface area (Å²) in [6.45, 7) is 0. The van der Waals surface area contributed by atoms with Crippen LogP contribution >= 0.6 is 0 Å². The molecule has 0 aliphatic heterocycles. The van der Waals surface area contributed by atoms with Crippen molar-refractivity contribution in [2.75, 3.05) is 5.32 Å². The van der Waals surface area contributed by atoms with E-state index in [0.29, 0.717) is 5.69 Å². The summed E-state index contributed by atoms with van der Waals surface area (Å²) in [4.78, 5) is 11.5. The van der Waals surface area contributed by atoms with Crippen LogP contribution in [0.4, 0.5) is 5.69 Å². The predicted octanol–water partition coefficient (Wildman–Crippen LogP) is 1.63. The van der Waals surface area contributed by atoms with Gasteiger partial charge in [0.1, 0.15) is 5.75 Å². The molecule has 1 aromatic carbocycles. The van der Waals surface area contributed by atoms with E-state index in [1.807, 2.05) is 0 Å². The number of hydrogen-bond donors (Lipinski definition) is 2. The maximum absolute atomic E-state index is 11.5. The Bertz CT molecular complexity index is 465. The van der Waals surface area contributed by atoms with Crippen molar-refractivity contribution in [2.45, 2.75) is 0 Å². The number of carbonyl (C=O) groups excluding carboxylic acids is 1. The number of phenolic OH excluding ortho intramolecular Hbond substituents is 1. The SMILES string of the molecule is O=C(Nc1cccc(O)c1)c1ccno1. The molecule has 0 unspecified atom stereocenters. The number of carbonyl (C=O) groups is 1. The van der Waals surface area contributed by atoms with Crippen LogP contribution in [-0.4, -0.2) is 16.2 Å². The van der Waals surface area contributed by atoms with Gasteiger partial charge in [0.15, 0.2) is 0 Å². The first-order chi connectivity index (χ1) is 7.25. The van der Waals surface area contributed by atoms with Gasteiger partial charge >= 0.3 is 0 Å². The Balaban J connectivity index is 2.13. The molecule has 5 heteroatoms. The van der Waals surface area contributed by atoms with Gasteiger partial charge in [-0.3, -0.25) is 4.79 Å². The van der Waals surface area contributed by atoms with Crippen LogP contribution in [0.3, 0.4) is 0 Å². The lowest BCUT2D eigenvalue weighted by Crippen LogP contribution is -2.10. The monoisotopic (exact) mass is 204 g/mol. The van der Waals surface area contributed by atoms with Gasteiger partial charge in [0, 0.05) is 17.8 Å². The summed E-state index contributed by atoms with van der Waals surface area (Å²) in [6.07, 6.45) is 1.39. The highest BCUT2D eigenvalue weighted by atomic mass is 16.5. The third-order valence-corrected chi connectivity index (χ3v) is 1.77. The highest BCUT2D eigenvalue weighted by Gasteiger charge is 2.09. The number of nitrogens with one attached hydrogen (secondary N) is 1. The zero-order valence-corrected chi connectivity index (χ0v) is 7.68. The van der Waals surface area contributed by atoms with E-state index < -0.39 is 5.91 Å². The van der Waals surface area contributed by atoms with Gasteiger partial charge in [0.05, 0.1) is 6.20 Å². The smallest absolute Gasteiger partial charge is 0.294 e. The molecule has 1 amide bonds. The standard InChI is InChI=1S/C10H8N2O3/c13-8-3-1-2-7(6-8)12-10(14)9-4-5-11-15-9/h1-6,13H,(H,12,14). The summed E-state index contributed by atoms with van der Waals surface area (Å²) in [5, 5.41) is 15.1. The van der Waals surface area contributed by atoms with Gasteiger partial charge in [-0.2, -0.15) is 0 Å². The second-order valence-corrected chi connectivity index (χ2v) is 2.88. The van der Waals surface area contributed by atoms with Crippen LogP contribution in [0.5, 0.6) is 5.75 Å². The van der Waals surface area contributed by atoms with Gasteiger partial charge in [-0.05, 0) is 12.1 Å². The van der Waals surface area contributed by atoms with Gasteiger partial charge in [-0.1, -0.05) is 11.2 Å². The second-order valence-electron chi connectivity index (χ2n) is 2.88. The summed E-state index contributed by atoms with van der Waals surface area (Å²) < 4.78 is 4.67. The van der Waals surface area contributed by atoms with E-state index in [2.05, 4.69) is 15.0 Å². The Labute approximate surface area is 85.3 Å². The molecule has 0 bridgehead atoms. The van der Waals surface area contributed by atoms with E-state index in [0.717, 1.165) is 0 Å². The molecule has 76 valence electrons. The van der Waals surface area contributed by atoms with Crippen LogP contribution < -0.4 is 5.32 Å². The molecular weight excluding hydrogens is 196 g/mol. The van der Waals surface area contributed by atoms with Gasteiger partial charge < -0.3 is 14.9 Å². The molecule has 0 aliphatic carbocycles. The highest BCUT2D eigenvalue weighted by molar-refractivity contribution is 6.02. The fraction of sp³-hybridized carbons (Fsp3) is 0. The van der Waals surface area contributed by atoms with E-state index in [1.54, 1.807) is 12.1 Å². The second kappa shape index (κ2) is 3.83. The third kappa shape index (κ3) is 2.14. The fourth-order valence-electron chi connectivity index (χ4n) is 1.11. The van der Waals surface area contributed by atoms with Crippen molar-refractivity contribution in [1.29, 1.82) is 0 Å². The molecule has 0 saturated heterocycles. The molecule has 2 aromatic rings. The lowest BCUT2D eigenvalue weighted by Gasteiger charge is -2.02. The molecular formula is C10H8N2O3. The quantitative estimate of drug-likeness (QED) is 0.779. The summed E-state index contributed by atoms with van der Waals surface area (Å²) in [5.41, 5.74) is 0.497. The summed E-state index contributed by atoms with van der Waals surface area (Å²) in [5.74, 6) is -0.193. The average Bonchev–Trinajstić information content (AvgIpc) is 2.70. The third-order valence-electron chi connectivity index (χ3n) is 1.77. The molecule has 15 heavy (non-hydrogen) atoms. The van der Waals surface area contributed by atoms with Crippen LogP contribution in [0.15, 0.2) is 41.1 Å². The number of nitrogens with zero attached hydrogens (tertiary/aromatic N) is 1. The largest absolute Gasteiger partial charge is 0.508 e. The van der Waals surface area contributed by atoms with Crippen molar-refractivity contribution in [3.63, 3.8) is 0 Å². The van der Waals surface area contributed by atoms with Gasteiger partial charge in [0.2, 0.25) is 5.76 Å². The first-order valence-corrected chi connectivity index (χ1v) is 4.27. The maximum atomic E-state index is 11.5. The van der Waals surface area contributed by atoms with Crippen molar-refractivity contribution >= 4 is 11.6 Å². The number of amides is 1. The minimum atomic E-state index is -0.405. The average molecular weight is 204 g/mol. The van der Waals surface area contributed by atoms with E-state index in [9.17, 15) is 4.79 Å². The number of aromatic nitrogens is 1. The van der Waals surface area contributed by atoms with Gasteiger partial charge in [-0.15, -0.1) is 0 Å². The first-order valence-electron chi connectivity index (χ1n) is 4.27. The summed E-state index contributed by atoms with van der Waals surface area (Å²) in [6, 6.07) is 7.70. The first kappa shape index (κ1) is 9.26. The lowest BCUT2D eigenvalue weighted by molar-refractivity contribution is 0.0988. The topological polar surface area (TPSA) is 75.4 Å². The minimum absolute atomic E-state index is 0.0883. The summed E-state index contributed by atoms with van der Waals surface area (Å²) in [7, 11) is 0. The Morgan fingerprint density at radius 1 is 1.40 bits per heavy atom. The van der Waals surface area contributed by atoms with Gasteiger partial charge in [-0.25, -0.2) is 0 Å². The van der Waals surface area contributed by atoms with Crippen molar-refractivity contribution in [1.82, 2.24) is 5.16 Å². The molecule has 1 heterocycles. The van der Waals surface area contributed by atoms with Crippen LogP contribution in [-0.2, 0) is 0 Å². The Kier molecular flexibility index (Phi) is 2.37. The number of anilines is 1. The van der Waals surface area contributed by atoms with Crippen LogP contribution in [0.2, 0.25) is 0 Å². The molecule has 1 aromatic heterocycles. The van der Waals surface area contributed by atoms with E-state index in [4.69, 9.17) is 5.11 Å². The van der Waals surface area contributed by atoms with Crippen molar-refractivity contribution in [3.8, 4) is 5.75 Å². The van der Waals surface area contributed by atoms with Crippen LogP contribution in [0.1, 0.15) is 10.6 Å². The van der Waals surface area contributed by atoms with E-state index in [1.165, 1.54) is 24.4 Å². The molecule has 0 fully saturated rings.